The second-order valence-electron chi connectivity index (χ2n) is 8.10. The van der Waals surface area contributed by atoms with Gasteiger partial charge in [-0.05, 0) is 45.1 Å². The topological polar surface area (TPSA) is 50.8 Å². The van der Waals surface area contributed by atoms with E-state index in [1.165, 1.54) is 0 Å². The molecule has 4 rings (SSSR count). The number of halogens is 1. The third-order valence-electron chi connectivity index (χ3n) is 5.72. The van der Waals surface area contributed by atoms with Crippen molar-refractivity contribution < 1.29 is 18.7 Å². The monoisotopic (exact) mass is 434 g/mol. The Kier molecular flexibility index (Phi) is 6.42. The van der Waals surface area contributed by atoms with Gasteiger partial charge in [0.05, 0.1) is 5.69 Å². The lowest BCUT2D eigenvalue weighted by Gasteiger charge is -2.34. The normalized spacial score (nSPS) is 15.1. The molecule has 3 aromatic carbocycles. The van der Waals surface area contributed by atoms with Crippen molar-refractivity contribution in [1.29, 1.82) is 0 Å². The predicted octanol–water partition coefficient (Wildman–Crippen LogP) is 5.35. The van der Waals surface area contributed by atoms with E-state index in [0.29, 0.717) is 29.3 Å². The lowest BCUT2D eigenvalue weighted by atomic mass is 9.90. The number of para-hydroxylation sites is 1. The summed E-state index contributed by atoms with van der Waals surface area (Å²) < 4.78 is 27.4. The first-order valence-electron chi connectivity index (χ1n) is 10.7. The molecule has 0 spiro atoms. The van der Waals surface area contributed by atoms with Crippen molar-refractivity contribution in [3.8, 4) is 11.5 Å². The van der Waals surface area contributed by atoms with Gasteiger partial charge in [0.25, 0.3) is 0 Å². The minimum Gasteiger partial charge on any atom is -0.486 e. The van der Waals surface area contributed by atoms with Crippen LogP contribution in [0.15, 0.2) is 60.7 Å². The van der Waals surface area contributed by atoms with E-state index >= 15 is 4.39 Å². The molecule has 0 bridgehead atoms. The first kappa shape index (κ1) is 21.8. The summed E-state index contributed by atoms with van der Waals surface area (Å²) in [6.07, 6.45) is 0.752. The summed E-state index contributed by atoms with van der Waals surface area (Å²) >= 11 is 0. The van der Waals surface area contributed by atoms with Gasteiger partial charge in [0.1, 0.15) is 23.7 Å². The van der Waals surface area contributed by atoms with E-state index in [4.69, 9.17) is 9.47 Å². The van der Waals surface area contributed by atoms with Gasteiger partial charge in [0, 0.05) is 23.7 Å². The zero-order valence-corrected chi connectivity index (χ0v) is 18.5. The van der Waals surface area contributed by atoms with Gasteiger partial charge in [-0.2, -0.15) is 0 Å². The summed E-state index contributed by atoms with van der Waals surface area (Å²) in [6, 6.07) is 18.3. The molecule has 3 aromatic rings. The molecule has 1 atom stereocenters. The Labute approximate surface area is 187 Å². The van der Waals surface area contributed by atoms with Crippen LogP contribution in [0.4, 0.5) is 10.1 Å². The first-order chi connectivity index (χ1) is 15.5. The molecular weight excluding hydrogens is 407 g/mol. The van der Waals surface area contributed by atoms with Gasteiger partial charge in [-0.1, -0.05) is 48.5 Å². The van der Waals surface area contributed by atoms with Crippen LogP contribution in [0.3, 0.4) is 0 Å². The van der Waals surface area contributed by atoms with Gasteiger partial charge < -0.3 is 19.7 Å². The summed E-state index contributed by atoms with van der Waals surface area (Å²) in [6.45, 7) is 2.50. The molecule has 0 radical (unpaired) electrons. The summed E-state index contributed by atoms with van der Waals surface area (Å²) in [7, 11) is 3.85. The molecule has 1 aliphatic heterocycles. The maximum absolute atomic E-state index is 15.7. The molecule has 32 heavy (non-hydrogen) atoms. The van der Waals surface area contributed by atoms with Crippen LogP contribution in [-0.2, 0) is 6.61 Å². The highest BCUT2D eigenvalue weighted by Gasteiger charge is 2.34. The Bertz CT molecular complexity index is 1100. The van der Waals surface area contributed by atoms with Crippen molar-refractivity contribution in [2.45, 2.75) is 26.0 Å². The number of hydrogen-bond donors (Lipinski definition) is 1. The lowest BCUT2D eigenvalue weighted by molar-refractivity contribution is 0.0728. The molecule has 1 N–H and O–H groups in total. The fourth-order valence-electron chi connectivity index (χ4n) is 4.09. The maximum Gasteiger partial charge on any atom is 0.347 e. The zero-order chi connectivity index (χ0) is 22.7. The highest BCUT2D eigenvalue weighted by Crippen LogP contribution is 2.45. The predicted molar refractivity (Wildman–Crippen MR) is 123 cm³/mol. The number of nitrogens with zero attached hydrogens (tertiary/aromatic N) is 1. The molecule has 0 aromatic heterocycles. The third-order valence-corrected chi connectivity index (χ3v) is 5.72. The number of anilines is 1. The number of carbonyl (C=O) groups is 1. The Balaban J connectivity index is 1.81. The van der Waals surface area contributed by atoms with Crippen LogP contribution in [0, 0.1) is 12.7 Å². The summed E-state index contributed by atoms with van der Waals surface area (Å²) in [5.74, 6) is -0.330. The average Bonchev–Trinajstić information content (AvgIpc) is 2.81. The number of nitrogens with one attached hydrogen (secondary N) is 1. The second-order valence-corrected chi connectivity index (χ2v) is 8.10. The van der Waals surface area contributed by atoms with Crippen LogP contribution >= 0.6 is 0 Å². The number of esters is 1. The Morgan fingerprint density at radius 3 is 2.41 bits per heavy atom. The minimum atomic E-state index is -0.646. The molecule has 0 saturated carbocycles. The molecule has 1 unspecified atom stereocenters. The molecular formula is C26H27FN2O3. The van der Waals surface area contributed by atoms with Crippen molar-refractivity contribution in [2.24, 2.45) is 0 Å². The van der Waals surface area contributed by atoms with Crippen molar-refractivity contribution in [3.63, 3.8) is 0 Å². The number of fused-ring (bicyclic) bond motifs is 1. The first-order valence-corrected chi connectivity index (χ1v) is 10.7. The van der Waals surface area contributed by atoms with Gasteiger partial charge in [0.15, 0.2) is 5.75 Å². The fraction of sp³-hybridized carbons (Fsp3) is 0.269. The second kappa shape index (κ2) is 9.40. The van der Waals surface area contributed by atoms with Crippen molar-refractivity contribution >= 4 is 11.7 Å². The lowest BCUT2D eigenvalue weighted by Crippen LogP contribution is -2.30. The Morgan fingerprint density at radius 1 is 1.09 bits per heavy atom. The minimum absolute atomic E-state index is 0.105. The van der Waals surface area contributed by atoms with Crippen molar-refractivity contribution in [2.75, 3.05) is 26.0 Å². The van der Waals surface area contributed by atoms with Crippen LogP contribution in [0.5, 0.6) is 11.5 Å². The van der Waals surface area contributed by atoms with Gasteiger partial charge >= 0.3 is 5.97 Å². The molecule has 5 nitrogen and oxygen atoms in total. The number of benzene rings is 3. The van der Waals surface area contributed by atoms with Gasteiger partial charge in [-0.3, -0.25) is 0 Å². The highest BCUT2D eigenvalue weighted by atomic mass is 19.1. The Hall–Kier alpha value is -3.38. The van der Waals surface area contributed by atoms with Crippen LogP contribution in [-0.4, -0.2) is 31.5 Å². The molecule has 1 heterocycles. The molecule has 166 valence electrons. The quantitative estimate of drug-likeness (QED) is 0.419. The van der Waals surface area contributed by atoms with E-state index < -0.39 is 11.8 Å². The van der Waals surface area contributed by atoms with Gasteiger partial charge in [-0.15, -0.1) is 0 Å². The summed E-state index contributed by atoms with van der Waals surface area (Å²) in [5, 5.41) is 3.28. The number of ether oxygens (including phenoxy) is 2. The summed E-state index contributed by atoms with van der Waals surface area (Å²) in [5.41, 5.74) is 2.33. The standard InChI is InChI=1S/C26H27FN2O3/c1-17-21(26(30)32-19-12-8-5-9-13-19)25(31-16-18-10-6-4-7-11-18)24-22(23(17)27)20(29(2)3)14-15-28-24/h4-13,20,28H,14-16H2,1-3H3. The van der Waals surface area contributed by atoms with Crippen LogP contribution < -0.4 is 14.8 Å². The van der Waals surface area contributed by atoms with E-state index in [9.17, 15) is 4.79 Å². The molecule has 6 heteroatoms. The average molecular weight is 435 g/mol. The number of carbonyl (C=O) groups excluding carboxylic acids is 1. The van der Waals surface area contributed by atoms with Crippen LogP contribution in [0.2, 0.25) is 0 Å². The molecule has 0 amide bonds. The number of rotatable bonds is 6. The van der Waals surface area contributed by atoms with E-state index in [1.54, 1.807) is 31.2 Å². The smallest absolute Gasteiger partial charge is 0.347 e. The number of hydrogen-bond acceptors (Lipinski definition) is 5. The van der Waals surface area contributed by atoms with E-state index in [1.807, 2.05) is 55.4 Å². The van der Waals surface area contributed by atoms with Crippen molar-refractivity contribution in [3.05, 3.63) is 88.7 Å². The molecule has 1 aliphatic rings. The SMILES string of the molecule is Cc1c(F)c2c(c(OCc3ccccc3)c1C(=O)Oc1ccccc1)NCCC2N(C)C. The van der Waals surface area contributed by atoms with Gasteiger partial charge in [0.2, 0.25) is 0 Å². The molecule has 0 aliphatic carbocycles. The fourth-order valence-corrected chi connectivity index (χ4v) is 4.09. The van der Waals surface area contributed by atoms with Crippen molar-refractivity contribution in [1.82, 2.24) is 4.90 Å². The van der Waals surface area contributed by atoms with Crippen LogP contribution in [0.1, 0.15) is 39.5 Å². The van der Waals surface area contributed by atoms with E-state index in [2.05, 4.69) is 5.32 Å². The maximum atomic E-state index is 15.7. The summed E-state index contributed by atoms with van der Waals surface area (Å²) in [4.78, 5) is 15.2. The van der Waals surface area contributed by atoms with Gasteiger partial charge in [-0.25, -0.2) is 9.18 Å². The third kappa shape index (κ3) is 4.32. The zero-order valence-electron chi connectivity index (χ0n) is 18.5. The van der Waals surface area contributed by atoms with Crippen LogP contribution in [0.25, 0.3) is 0 Å². The molecule has 0 saturated heterocycles. The highest BCUT2D eigenvalue weighted by molar-refractivity contribution is 5.98. The van der Waals surface area contributed by atoms with E-state index in [-0.39, 0.29) is 23.8 Å². The molecule has 0 fully saturated rings. The van der Waals surface area contributed by atoms with E-state index in [0.717, 1.165) is 12.0 Å². The Morgan fingerprint density at radius 2 is 1.75 bits per heavy atom. The largest absolute Gasteiger partial charge is 0.486 e.